The van der Waals surface area contributed by atoms with E-state index in [0.717, 1.165) is 51.8 Å². The number of hydrogen-bond acceptors (Lipinski definition) is 6. The monoisotopic (exact) mass is 671 g/mol. The van der Waals surface area contributed by atoms with Crippen molar-refractivity contribution in [3.8, 4) is 11.5 Å². The van der Waals surface area contributed by atoms with Gasteiger partial charge in [0.05, 0.1) is 26.2 Å². The molecule has 43 heavy (non-hydrogen) atoms. The zero-order valence-corrected chi connectivity index (χ0v) is 27.1. The minimum atomic E-state index is -3.91. The van der Waals surface area contributed by atoms with Crippen molar-refractivity contribution in [2.75, 3.05) is 31.3 Å². The van der Waals surface area contributed by atoms with Crippen molar-refractivity contribution in [2.45, 2.75) is 50.7 Å². The van der Waals surface area contributed by atoms with Crippen LogP contribution in [0.3, 0.4) is 0 Å². The van der Waals surface area contributed by atoms with Gasteiger partial charge in [0.15, 0.2) is 11.5 Å². The van der Waals surface area contributed by atoms with Gasteiger partial charge >= 0.3 is 0 Å². The third-order valence-corrected chi connectivity index (χ3v) is 9.18. The van der Waals surface area contributed by atoms with Crippen LogP contribution in [0.5, 0.6) is 11.5 Å². The predicted molar refractivity (Wildman–Crippen MR) is 171 cm³/mol. The number of nitrogens with zero attached hydrogens (tertiary/aromatic N) is 2. The number of rotatable bonds is 13. The van der Waals surface area contributed by atoms with Crippen LogP contribution in [-0.4, -0.2) is 64.2 Å². The highest BCUT2D eigenvalue weighted by Gasteiger charge is 2.34. The molecule has 0 saturated heterocycles. The number of carbonyl (C=O) groups excluding carboxylic acids is 2. The third-order valence-electron chi connectivity index (χ3n) is 7.55. The number of hydrogen-bond donors (Lipinski definition) is 1. The smallest absolute Gasteiger partial charge is 0.244 e. The van der Waals surface area contributed by atoms with Crippen LogP contribution in [0.15, 0.2) is 77.3 Å². The molecule has 1 unspecified atom stereocenters. The first-order valence-corrected chi connectivity index (χ1v) is 16.8. The van der Waals surface area contributed by atoms with E-state index in [9.17, 15) is 18.0 Å². The fourth-order valence-corrected chi connectivity index (χ4v) is 6.64. The molecule has 3 aromatic rings. The van der Waals surface area contributed by atoms with Gasteiger partial charge in [-0.2, -0.15) is 0 Å². The molecular formula is C32H38BrN3O6S. The molecule has 3 aromatic carbocycles. The van der Waals surface area contributed by atoms with E-state index in [1.54, 1.807) is 12.1 Å². The molecule has 0 radical (unpaired) electrons. The molecule has 11 heteroatoms. The molecule has 0 heterocycles. The largest absolute Gasteiger partial charge is 0.493 e. The Labute approximate surface area is 262 Å². The Morgan fingerprint density at radius 1 is 0.930 bits per heavy atom. The van der Waals surface area contributed by atoms with Crippen molar-refractivity contribution in [3.63, 3.8) is 0 Å². The molecule has 1 aliphatic carbocycles. The van der Waals surface area contributed by atoms with Crippen LogP contribution < -0.4 is 19.1 Å². The number of sulfonamides is 1. The summed E-state index contributed by atoms with van der Waals surface area (Å²) in [6.45, 7) is -0.401. The highest BCUT2D eigenvalue weighted by Crippen LogP contribution is 2.32. The SMILES string of the molecule is COc1ccc(N(CC(=O)N(Cc2cccc(Br)c2)C(Cc2ccccc2)C(=O)NC2CCCC2)S(C)(=O)=O)cc1OC. The van der Waals surface area contributed by atoms with Gasteiger partial charge in [0.25, 0.3) is 0 Å². The molecule has 0 aromatic heterocycles. The summed E-state index contributed by atoms with van der Waals surface area (Å²) in [4.78, 5) is 29.7. The normalized spacial score (nSPS) is 14.1. The molecule has 230 valence electrons. The van der Waals surface area contributed by atoms with Crippen LogP contribution in [0.1, 0.15) is 36.8 Å². The van der Waals surface area contributed by atoms with Crippen molar-refractivity contribution >= 4 is 43.5 Å². The maximum atomic E-state index is 14.3. The topological polar surface area (TPSA) is 105 Å². The van der Waals surface area contributed by atoms with Crippen molar-refractivity contribution in [1.82, 2.24) is 10.2 Å². The fraction of sp³-hybridized carbons (Fsp3) is 0.375. The average Bonchev–Trinajstić information content (AvgIpc) is 3.50. The minimum Gasteiger partial charge on any atom is -0.493 e. The maximum absolute atomic E-state index is 14.3. The van der Waals surface area contributed by atoms with E-state index in [1.165, 1.54) is 25.2 Å². The molecule has 4 rings (SSSR count). The Hall–Kier alpha value is -3.57. The number of benzene rings is 3. The maximum Gasteiger partial charge on any atom is 0.244 e. The highest BCUT2D eigenvalue weighted by molar-refractivity contribution is 9.10. The number of amides is 2. The average molecular weight is 673 g/mol. The van der Waals surface area contributed by atoms with E-state index in [0.29, 0.717) is 11.5 Å². The lowest BCUT2D eigenvalue weighted by Gasteiger charge is -2.34. The summed E-state index contributed by atoms with van der Waals surface area (Å²) in [5, 5.41) is 3.17. The van der Waals surface area contributed by atoms with Gasteiger partial charge < -0.3 is 19.7 Å². The first kappa shape index (κ1) is 32.3. The predicted octanol–water partition coefficient (Wildman–Crippen LogP) is 4.93. The second kappa shape index (κ2) is 14.7. The zero-order chi connectivity index (χ0) is 31.0. The van der Waals surface area contributed by atoms with Crippen LogP contribution >= 0.6 is 15.9 Å². The van der Waals surface area contributed by atoms with Gasteiger partial charge in [0.2, 0.25) is 21.8 Å². The Balaban J connectivity index is 1.74. The van der Waals surface area contributed by atoms with E-state index in [-0.39, 0.29) is 30.6 Å². The number of ether oxygens (including phenoxy) is 2. The zero-order valence-electron chi connectivity index (χ0n) is 24.7. The number of carbonyl (C=O) groups is 2. The molecule has 0 aliphatic heterocycles. The molecular weight excluding hydrogens is 634 g/mol. The molecule has 1 atom stereocenters. The van der Waals surface area contributed by atoms with E-state index in [4.69, 9.17) is 9.47 Å². The summed E-state index contributed by atoms with van der Waals surface area (Å²) in [5.41, 5.74) is 1.93. The molecule has 9 nitrogen and oxygen atoms in total. The van der Waals surface area contributed by atoms with Gasteiger partial charge in [-0.15, -0.1) is 0 Å². The Kier molecular flexibility index (Phi) is 11.1. The lowest BCUT2D eigenvalue weighted by Crippen LogP contribution is -2.54. The van der Waals surface area contributed by atoms with Crippen LogP contribution in [0.2, 0.25) is 0 Å². The van der Waals surface area contributed by atoms with Gasteiger partial charge in [-0.3, -0.25) is 13.9 Å². The molecule has 0 spiro atoms. The van der Waals surface area contributed by atoms with E-state index in [2.05, 4.69) is 21.2 Å². The summed E-state index contributed by atoms with van der Waals surface area (Å²) < 4.78 is 38.7. The van der Waals surface area contributed by atoms with Crippen LogP contribution in [-0.2, 0) is 32.6 Å². The minimum absolute atomic E-state index is 0.0490. The van der Waals surface area contributed by atoms with Crippen molar-refractivity contribution in [2.24, 2.45) is 0 Å². The number of methoxy groups -OCH3 is 2. The summed E-state index contributed by atoms with van der Waals surface area (Å²) >= 11 is 3.50. The lowest BCUT2D eigenvalue weighted by molar-refractivity contribution is -0.140. The Bertz CT molecular complexity index is 1510. The van der Waals surface area contributed by atoms with Gasteiger partial charge in [-0.25, -0.2) is 8.42 Å². The summed E-state index contributed by atoms with van der Waals surface area (Å²) in [6, 6.07) is 20.9. The van der Waals surface area contributed by atoms with Crippen LogP contribution in [0, 0.1) is 0 Å². The third kappa shape index (κ3) is 8.73. The molecule has 1 fully saturated rings. The van der Waals surface area contributed by atoms with Gasteiger partial charge in [-0.1, -0.05) is 71.2 Å². The van der Waals surface area contributed by atoms with E-state index >= 15 is 0 Å². The summed E-state index contributed by atoms with van der Waals surface area (Å²) in [7, 11) is -0.975. The second-order valence-corrected chi connectivity index (χ2v) is 13.5. The second-order valence-electron chi connectivity index (χ2n) is 10.7. The van der Waals surface area contributed by atoms with Gasteiger partial charge in [-0.05, 0) is 48.2 Å². The van der Waals surface area contributed by atoms with E-state index in [1.807, 2.05) is 54.6 Å². The standard InChI is InChI=1S/C32H38BrN3O6S/c1-41-29-17-16-27(20-30(29)42-2)36(43(3,39)40)22-31(37)35(21-24-12-9-13-25(33)18-24)28(19-23-10-5-4-6-11-23)32(38)34-26-14-7-8-15-26/h4-6,9-13,16-18,20,26,28H,7-8,14-15,19,21-22H2,1-3H3,(H,34,38). The molecule has 1 aliphatic rings. The van der Waals surface area contributed by atoms with Crippen LogP contribution in [0.4, 0.5) is 5.69 Å². The molecule has 1 N–H and O–H groups in total. The van der Waals surface area contributed by atoms with E-state index < -0.39 is 28.5 Å². The Morgan fingerprint density at radius 2 is 1.60 bits per heavy atom. The van der Waals surface area contributed by atoms with Crippen LogP contribution in [0.25, 0.3) is 0 Å². The molecule has 1 saturated carbocycles. The highest BCUT2D eigenvalue weighted by atomic mass is 79.9. The van der Waals surface area contributed by atoms with Crippen molar-refractivity contribution in [1.29, 1.82) is 0 Å². The quantitative estimate of drug-likeness (QED) is 0.276. The first-order chi connectivity index (χ1) is 20.6. The summed E-state index contributed by atoms with van der Waals surface area (Å²) in [5.74, 6) is -0.0161. The fourth-order valence-electron chi connectivity index (χ4n) is 5.35. The first-order valence-electron chi connectivity index (χ1n) is 14.2. The number of nitrogens with one attached hydrogen (secondary N) is 1. The molecule has 2 amide bonds. The number of halogens is 1. The van der Waals surface area contributed by atoms with Crippen molar-refractivity contribution < 1.29 is 27.5 Å². The lowest BCUT2D eigenvalue weighted by atomic mass is 10.0. The van der Waals surface area contributed by atoms with Crippen molar-refractivity contribution in [3.05, 3.63) is 88.4 Å². The summed E-state index contributed by atoms with van der Waals surface area (Å²) in [6.07, 6.45) is 5.20. The number of anilines is 1. The molecule has 0 bridgehead atoms. The Morgan fingerprint density at radius 3 is 2.23 bits per heavy atom. The van der Waals surface area contributed by atoms with Gasteiger partial charge in [0.1, 0.15) is 12.6 Å². The van der Waals surface area contributed by atoms with Gasteiger partial charge in [0, 0.05) is 29.5 Å².